The predicted molar refractivity (Wildman–Crippen MR) is 79.5 cm³/mol. The Morgan fingerprint density at radius 2 is 1.82 bits per heavy atom. The minimum Gasteiger partial charge on any atom is -0.476 e. The maximum atomic E-state index is 11.3. The Balaban J connectivity index is 2.07. The van der Waals surface area contributed by atoms with Crippen molar-refractivity contribution in [2.75, 3.05) is 0 Å². The maximum Gasteiger partial charge on any atom is 0.357 e. The van der Waals surface area contributed by atoms with E-state index in [1.807, 2.05) is 12.1 Å². The van der Waals surface area contributed by atoms with Crippen LogP contribution in [0.4, 0.5) is 0 Å². The number of carbonyl (C=O) groups excluding carboxylic acids is 1. The SMILES string of the molecule is NN/C(Oc1ccc(C2CCC(=O)CC2)cc1)=C(\N)C(=O)O. The van der Waals surface area contributed by atoms with Crippen LogP contribution in [0.2, 0.25) is 0 Å². The lowest BCUT2D eigenvalue weighted by Crippen LogP contribution is -2.31. The number of hydrogen-bond acceptors (Lipinski definition) is 6. The molecular formula is C15H19N3O4. The number of carbonyl (C=O) groups is 2. The highest BCUT2D eigenvalue weighted by molar-refractivity contribution is 5.85. The van der Waals surface area contributed by atoms with Crippen molar-refractivity contribution in [2.45, 2.75) is 31.6 Å². The fraction of sp³-hybridized carbons (Fsp3) is 0.333. The van der Waals surface area contributed by atoms with Crippen molar-refractivity contribution in [1.82, 2.24) is 5.43 Å². The number of carboxylic acids is 1. The summed E-state index contributed by atoms with van der Waals surface area (Å²) in [7, 11) is 0. The number of rotatable bonds is 5. The molecule has 0 saturated heterocycles. The molecule has 0 amide bonds. The second kappa shape index (κ2) is 6.95. The lowest BCUT2D eigenvalue weighted by molar-refractivity contribution is -0.133. The molecule has 118 valence electrons. The van der Waals surface area contributed by atoms with Crippen LogP contribution in [0.1, 0.15) is 37.2 Å². The molecule has 7 heteroatoms. The van der Waals surface area contributed by atoms with Gasteiger partial charge in [0.15, 0.2) is 5.70 Å². The monoisotopic (exact) mass is 305 g/mol. The quantitative estimate of drug-likeness (QED) is 0.276. The van der Waals surface area contributed by atoms with Crippen LogP contribution in [0.3, 0.4) is 0 Å². The largest absolute Gasteiger partial charge is 0.476 e. The Morgan fingerprint density at radius 1 is 1.23 bits per heavy atom. The predicted octanol–water partition coefficient (Wildman–Crippen LogP) is 0.968. The van der Waals surface area contributed by atoms with Crippen molar-refractivity contribution >= 4 is 11.8 Å². The van der Waals surface area contributed by atoms with Crippen molar-refractivity contribution in [3.8, 4) is 5.75 Å². The molecule has 1 aromatic carbocycles. The molecule has 0 bridgehead atoms. The highest BCUT2D eigenvalue weighted by atomic mass is 16.5. The number of ketones is 1. The first-order valence-corrected chi connectivity index (χ1v) is 7.00. The van der Waals surface area contributed by atoms with E-state index < -0.39 is 11.7 Å². The van der Waals surface area contributed by atoms with Crippen LogP contribution in [0.25, 0.3) is 0 Å². The highest BCUT2D eigenvalue weighted by Crippen LogP contribution is 2.32. The molecule has 1 aromatic rings. The summed E-state index contributed by atoms with van der Waals surface area (Å²) in [5.74, 6) is 4.79. The van der Waals surface area contributed by atoms with Crippen LogP contribution >= 0.6 is 0 Å². The van der Waals surface area contributed by atoms with Crippen molar-refractivity contribution in [2.24, 2.45) is 11.6 Å². The maximum absolute atomic E-state index is 11.3. The van der Waals surface area contributed by atoms with Gasteiger partial charge in [-0.25, -0.2) is 10.6 Å². The molecule has 0 aromatic heterocycles. The van der Waals surface area contributed by atoms with E-state index in [4.69, 9.17) is 21.4 Å². The number of nitrogens with one attached hydrogen (secondary N) is 1. The zero-order valence-electron chi connectivity index (χ0n) is 12.0. The lowest BCUT2D eigenvalue weighted by Gasteiger charge is -2.21. The van der Waals surface area contributed by atoms with Crippen molar-refractivity contribution in [3.05, 3.63) is 41.4 Å². The number of benzene rings is 1. The zero-order chi connectivity index (χ0) is 16.1. The molecule has 2 rings (SSSR count). The molecule has 1 saturated carbocycles. The Kier molecular flexibility index (Phi) is 5.00. The van der Waals surface area contributed by atoms with E-state index in [9.17, 15) is 9.59 Å². The minimum absolute atomic E-state index is 0.219. The van der Waals surface area contributed by atoms with Crippen molar-refractivity contribution in [1.29, 1.82) is 0 Å². The van der Waals surface area contributed by atoms with E-state index in [0.717, 1.165) is 18.4 Å². The molecule has 0 aliphatic heterocycles. The van der Waals surface area contributed by atoms with Gasteiger partial charge in [-0.2, -0.15) is 0 Å². The number of nitrogens with two attached hydrogens (primary N) is 2. The normalized spacial score (nSPS) is 16.9. The van der Waals surface area contributed by atoms with Crippen LogP contribution in [-0.4, -0.2) is 16.9 Å². The molecule has 0 radical (unpaired) electrons. The standard InChI is InChI=1S/C15H19N3O4/c16-13(15(20)21)14(18-17)22-12-7-3-10(4-8-12)9-1-5-11(19)6-2-9/h3-4,7-9,18H,1-2,5-6,16-17H2,(H,20,21)/b14-13+. The van der Waals surface area contributed by atoms with Gasteiger partial charge in [0.2, 0.25) is 5.88 Å². The smallest absolute Gasteiger partial charge is 0.357 e. The van der Waals surface area contributed by atoms with Gasteiger partial charge >= 0.3 is 5.97 Å². The summed E-state index contributed by atoms with van der Waals surface area (Å²) < 4.78 is 5.33. The first-order chi connectivity index (χ1) is 10.5. The third-order valence-electron chi connectivity index (χ3n) is 3.72. The number of Topliss-reactive ketones (excluding diaryl/α,β-unsaturated/α-hetero) is 1. The molecule has 0 spiro atoms. The van der Waals surface area contributed by atoms with Crippen LogP contribution in [0.5, 0.6) is 5.75 Å². The first-order valence-electron chi connectivity index (χ1n) is 7.00. The second-order valence-electron chi connectivity index (χ2n) is 5.18. The van der Waals surface area contributed by atoms with Gasteiger partial charge in [0.25, 0.3) is 0 Å². The van der Waals surface area contributed by atoms with Crippen molar-refractivity contribution < 1.29 is 19.4 Å². The van der Waals surface area contributed by atoms with Crippen LogP contribution in [0, 0.1) is 0 Å². The average Bonchev–Trinajstić information content (AvgIpc) is 2.53. The molecule has 0 atom stereocenters. The molecule has 0 heterocycles. The molecule has 7 nitrogen and oxygen atoms in total. The topological polar surface area (TPSA) is 128 Å². The molecule has 1 aliphatic rings. The lowest BCUT2D eigenvalue weighted by atomic mass is 9.83. The van der Waals surface area contributed by atoms with Gasteiger partial charge < -0.3 is 15.6 Å². The van der Waals surface area contributed by atoms with E-state index in [0.29, 0.717) is 30.3 Å². The van der Waals surface area contributed by atoms with E-state index in [1.165, 1.54) is 0 Å². The van der Waals surface area contributed by atoms with E-state index >= 15 is 0 Å². The van der Waals surface area contributed by atoms with Crippen LogP contribution in [0.15, 0.2) is 35.8 Å². The first kappa shape index (κ1) is 15.8. The van der Waals surface area contributed by atoms with Gasteiger partial charge in [-0.3, -0.25) is 10.2 Å². The summed E-state index contributed by atoms with van der Waals surface area (Å²) in [5.41, 5.74) is 8.12. The summed E-state index contributed by atoms with van der Waals surface area (Å²) in [6, 6.07) is 7.25. The number of hydrazine groups is 1. The fourth-order valence-electron chi connectivity index (χ4n) is 2.46. The Bertz CT molecular complexity index is 585. The molecular weight excluding hydrogens is 286 g/mol. The summed E-state index contributed by atoms with van der Waals surface area (Å²) in [6.45, 7) is 0. The molecule has 22 heavy (non-hydrogen) atoms. The summed E-state index contributed by atoms with van der Waals surface area (Å²) >= 11 is 0. The second-order valence-corrected chi connectivity index (χ2v) is 5.18. The molecule has 6 N–H and O–H groups in total. The van der Waals surface area contributed by atoms with Gasteiger partial charge in [-0.1, -0.05) is 12.1 Å². The van der Waals surface area contributed by atoms with Crippen molar-refractivity contribution in [3.63, 3.8) is 0 Å². The fourth-order valence-corrected chi connectivity index (χ4v) is 2.46. The Morgan fingerprint density at radius 3 is 2.32 bits per heavy atom. The van der Waals surface area contributed by atoms with Crippen LogP contribution < -0.4 is 21.7 Å². The highest BCUT2D eigenvalue weighted by Gasteiger charge is 2.20. The number of aliphatic carboxylic acids is 1. The number of hydrogen-bond donors (Lipinski definition) is 4. The number of carboxylic acid groups (broad SMARTS) is 1. The third-order valence-corrected chi connectivity index (χ3v) is 3.72. The third kappa shape index (κ3) is 3.76. The minimum atomic E-state index is -1.32. The Labute approximate surface area is 127 Å². The van der Waals surface area contributed by atoms with E-state index in [2.05, 4.69) is 5.43 Å². The van der Waals surface area contributed by atoms with Gasteiger partial charge in [-0.15, -0.1) is 0 Å². The summed E-state index contributed by atoms with van der Waals surface area (Å²) in [6.07, 6.45) is 2.98. The zero-order valence-corrected chi connectivity index (χ0v) is 12.0. The van der Waals surface area contributed by atoms with Crippen LogP contribution in [-0.2, 0) is 9.59 Å². The molecule has 1 fully saturated rings. The van der Waals surface area contributed by atoms with Gasteiger partial charge in [0.05, 0.1) is 0 Å². The number of ether oxygens (including phenoxy) is 1. The van der Waals surface area contributed by atoms with Gasteiger partial charge in [-0.05, 0) is 36.5 Å². The Hall–Kier alpha value is -2.54. The molecule has 1 aliphatic carbocycles. The van der Waals surface area contributed by atoms with E-state index in [-0.39, 0.29) is 5.88 Å². The van der Waals surface area contributed by atoms with Gasteiger partial charge in [0, 0.05) is 12.8 Å². The summed E-state index contributed by atoms with van der Waals surface area (Å²) in [5, 5.41) is 8.81. The van der Waals surface area contributed by atoms with Gasteiger partial charge in [0.1, 0.15) is 11.5 Å². The average molecular weight is 305 g/mol. The van der Waals surface area contributed by atoms with E-state index in [1.54, 1.807) is 12.1 Å². The molecule has 0 unspecified atom stereocenters. The summed E-state index contributed by atoms with van der Waals surface area (Å²) in [4.78, 5) is 22.1.